The minimum atomic E-state index is 0.577. The first-order valence-electron chi connectivity index (χ1n) is 6.74. The number of nitrogens with two attached hydrogens (primary N) is 1. The maximum Gasteiger partial charge on any atom is 0.0968 e. The highest BCUT2D eigenvalue weighted by atomic mass is 16.5. The lowest BCUT2D eigenvalue weighted by Gasteiger charge is -2.23. The molecule has 1 saturated heterocycles. The van der Waals surface area contributed by atoms with E-state index in [2.05, 4.69) is 4.99 Å². The molecule has 3 heteroatoms. The van der Waals surface area contributed by atoms with Crippen LogP contribution in [0.4, 0.5) is 0 Å². The Balaban J connectivity index is 1.76. The Labute approximate surface area is 98.5 Å². The van der Waals surface area contributed by atoms with Crippen molar-refractivity contribution < 1.29 is 4.74 Å². The zero-order valence-electron chi connectivity index (χ0n) is 10.2. The van der Waals surface area contributed by atoms with Crippen LogP contribution in [0.2, 0.25) is 0 Å². The van der Waals surface area contributed by atoms with Crippen LogP contribution in [0.3, 0.4) is 0 Å². The van der Waals surface area contributed by atoms with Gasteiger partial charge < -0.3 is 10.5 Å². The summed E-state index contributed by atoms with van der Waals surface area (Å²) in [5.74, 6) is 2.20. The number of rotatable bonds is 3. The highest BCUT2D eigenvalue weighted by Crippen LogP contribution is 2.24. The lowest BCUT2D eigenvalue weighted by atomic mass is 9.88. The number of hydrogen-bond acceptors (Lipinski definition) is 2. The molecule has 16 heavy (non-hydrogen) atoms. The summed E-state index contributed by atoms with van der Waals surface area (Å²) in [7, 11) is 0. The van der Waals surface area contributed by atoms with Gasteiger partial charge >= 0.3 is 0 Å². The van der Waals surface area contributed by atoms with Crippen LogP contribution in [0.1, 0.15) is 44.9 Å². The van der Waals surface area contributed by atoms with E-state index in [1.54, 1.807) is 0 Å². The second-order valence-corrected chi connectivity index (χ2v) is 5.16. The Bertz CT molecular complexity index is 228. The van der Waals surface area contributed by atoms with E-state index in [9.17, 15) is 0 Å². The molecular weight excluding hydrogens is 200 g/mol. The molecule has 0 spiro atoms. The molecular formula is C13H24N2O. The van der Waals surface area contributed by atoms with E-state index in [1.165, 1.54) is 32.1 Å². The van der Waals surface area contributed by atoms with Crippen LogP contribution in [0.5, 0.6) is 0 Å². The van der Waals surface area contributed by atoms with Crippen molar-refractivity contribution in [3.8, 4) is 0 Å². The van der Waals surface area contributed by atoms with Crippen molar-refractivity contribution in [2.45, 2.75) is 44.9 Å². The first kappa shape index (κ1) is 11.9. The first-order valence-corrected chi connectivity index (χ1v) is 6.74. The summed E-state index contributed by atoms with van der Waals surface area (Å²) in [6.45, 7) is 2.73. The molecule has 0 bridgehead atoms. The van der Waals surface area contributed by atoms with Gasteiger partial charge in [-0.05, 0) is 31.6 Å². The second kappa shape index (κ2) is 6.24. The Morgan fingerprint density at radius 3 is 2.44 bits per heavy atom. The van der Waals surface area contributed by atoms with Crippen molar-refractivity contribution in [3.63, 3.8) is 0 Å². The van der Waals surface area contributed by atoms with Crippen molar-refractivity contribution in [1.82, 2.24) is 0 Å². The number of ether oxygens (including phenoxy) is 1. The highest BCUT2D eigenvalue weighted by Gasteiger charge is 2.18. The van der Waals surface area contributed by atoms with Gasteiger partial charge in [0.15, 0.2) is 0 Å². The smallest absolute Gasteiger partial charge is 0.0968 e. The minimum Gasteiger partial charge on any atom is -0.387 e. The molecule has 1 saturated carbocycles. The van der Waals surface area contributed by atoms with Gasteiger partial charge in [0.05, 0.1) is 5.84 Å². The summed E-state index contributed by atoms with van der Waals surface area (Å²) in [4.78, 5) is 4.61. The third-order valence-electron chi connectivity index (χ3n) is 3.90. The fraction of sp³-hybridized carbons (Fsp3) is 0.923. The lowest BCUT2D eigenvalue weighted by Crippen LogP contribution is -2.27. The standard InChI is InChI=1S/C13H24N2O/c14-13(12-4-2-1-3-5-12)15-10-11-6-8-16-9-7-11/h11-12H,1-10H2,(H2,14,15). The average Bonchev–Trinajstić information content (AvgIpc) is 2.38. The highest BCUT2D eigenvalue weighted by molar-refractivity contribution is 5.82. The molecule has 3 nitrogen and oxygen atoms in total. The van der Waals surface area contributed by atoms with Crippen molar-refractivity contribution in [2.24, 2.45) is 22.6 Å². The van der Waals surface area contributed by atoms with E-state index in [1.807, 2.05) is 0 Å². The quantitative estimate of drug-likeness (QED) is 0.591. The van der Waals surface area contributed by atoms with Crippen molar-refractivity contribution in [1.29, 1.82) is 0 Å². The largest absolute Gasteiger partial charge is 0.387 e. The summed E-state index contributed by atoms with van der Waals surface area (Å²) in [5, 5.41) is 0. The average molecular weight is 224 g/mol. The van der Waals surface area contributed by atoms with E-state index < -0.39 is 0 Å². The van der Waals surface area contributed by atoms with Gasteiger partial charge in [-0.15, -0.1) is 0 Å². The number of amidine groups is 1. The molecule has 2 fully saturated rings. The van der Waals surface area contributed by atoms with Crippen LogP contribution in [0.25, 0.3) is 0 Å². The second-order valence-electron chi connectivity index (χ2n) is 5.16. The van der Waals surface area contributed by atoms with E-state index in [0.29, 0.717) is 11.8 Å². The molecule has 1 aliphatic heterocycles. The van der Waals surface area contributed by atoms with Crippen LogP contribution >= 0.6 is 0 Å². The maximum atomic E-state index is 6.08. The summed E-state index contributed by atoms with van der Waals surface area (Å²) < 4.78 is 5.34. The fourth-order valence-corrected chi connectivity index (χ4v) is 2.69. The Morgan fingerprint density at radius 1 is 1.06 bits per heavy atom. The number of nitrogens with zero attached hydrogens (tertiary/aromatic N) is 1. The minimum absolute atomic E-state index is 0.577. The van der Waals surface area contributed by atoms with E-state index in [0.717, 1.165) is 38.4 Å². The molecule has 1 heterocycles. The Kier molecular flexibility index (Phi) is 4.64. The molecule has 0 unspecified atom stereocenters. The van der Waals surface area contributed by atoms with Crippen LogP contribution < -0.4 is 5.73 Å². The molecule has 0 atom stereocenters. The van der Waals surface area contributed by atoms with Gasteiger partial charge in [0.2, 0.25) is 0 Å². The molecule has 2 N–H and O–H groups in total. The molecule has 0 amide bonds. The van der Waals surface area contributed by atoms with Gasteiger partial charge in [-0.25, -0.2) is 0 Å². The van der Waals surface area contributed by atoms with E-state index in [4.69, 9.17) is 10.5 Å². The molecule has 0 aromatic rings. The van der Waals surface area contributed by atoms with Gasteiger partial charge in [0.1, 0.15) is 0 Å². The van der Waals surface area contributed by atoms with Crippen LogP contribution in [-0.2, 0) is 4.74 Å². The lowest BCUT2D eigenvalue weighted by molar-refractivity contribution is 0.0689. The van der Waals surface area contributed by atoms with Crippen LogP contribution in [-0.4, -0.2) is 25.6 Å². The monoisotopic (exact) mass is 224 g/mol. The zero-order chi connectivity index (χ0) is 11.2. The van der Waals surface area contributed by atoms with Gasteiger partial charge in [0, 0.05) is 25.7 Å². The van der Waals surface area contributed by atoms with Crippen molar-refractivity contribution in [2.75, 3.05) is 19.8 Å². The molecule has 2 aliphatic rings. The van der Waals surface area contributed by atoms with Gasteiger partial charge in [-0.2, -0.15) is 0 Å². The predicted octanol–water partition coefficient (Wildman–Crippen LogP) is 2.35. The fourth-order valence-electron chi connectivity index (χ4n) is 2.69. The van der Waals surface area contributed by atoms with E-state index >= 15 is 0 Å². The van der Waals surface area contributed by atoms with Crippen LogP contribution in [0, 0.1) is 11.8 Å². The third-order valence-corrected chi connectivity index (χ3v) is 3.90. The Morgan fingerprint density at radius 2 is 1.75 bits per heavy atom. The van der Waals surface area contributed by atoms with Crippen molar-refractivity contribution >= 4 is 5.84 Å². The first-order chi connectivity index (χ1) is 7.86. The predicted molar refractivity (Wildman–Crippen MR) is 66.6 cm³/mol. The Hall–Kier alpha value is -0.570. The molecule has 2 rings (SSSR count). The van der Waals surface area contributed by atoms with Crippen molar-refractivity contribution in [3.05, 3.63) is 0 Å². The number of hydrogen-bond donors (Lipinski definition) is 1. The van der Waals surface area contributed by atoms with E-state index in [-0.39, 0.29) is 0 Å². The summed E-state index contributed by atoms with van der Waals surface area (Å²) in [6.07, 6.45) is 8.86. The molecule has 0 aromatic heterocycles. The third kappa shape index (κ3) is 3.48. The summed E-state index contributed by atoms with van der Waals surface area (Å²) >= 11 is 0. The SMILES string of the molecule is NC(=NCC1CCOCC1)C1CCCCC1. The maximum absolute atomic E-state index is 6.08. The molecule has 1 aliphatic carbocycles. The van der Waals surface area contributed by atoms with Gasteiger partial charge in [-0.1, -0.05) is 19.3 Å². The molecule has 92 valence electrons. The zero-order valence-corrected chi connectivity index (χ0v) is 10.2. The van der Waals surface area contributed by atoms with Gasteiger partial charge in [-0.3, -0.25) is 4.99 Å². The molecule has 0 aromatic carbocycles. The van der Waals surface area contributed by atoms with Gasteiger partial charge in [0.25, 0.3) is 0 Å². The molecule has 0 radical (unpaired) electrons. The van der Waals surface area contributed by atoms with Crippen LogP contribution in [0.15, 0.2) is 4.99 Å². The normalized spacial score (nSPS) is 25.9. The summed E-state index contributed by atoms with van der Waals surface area (Å²) in [5.41, 5.74) is 6.08. The number of aliphatic imine (C=N–C) groups is 1. The summed E-state index contributed by atoms with van der Waals surface area (Å²) in [6, 6.07) is 0. The topological polar surface area (TPSA) is 47.6 Å².